The van der Waals surface area contributed by atoms with Crippen molar-refractivity contribution in [1.82, 2.24) is 9.97 Å². The first kappa shape index (κ1) is 63.9. The number of pyridine rings is 2. The van der Waals surface area contributed by atoms with Gasteiger partial charge in [0.2, 0.25) is 0 Å². The van der Waals surface area contributed by atoms with E-state index in [4.69, 9.17) is 26.8 Å². The van der Waals surface area contributed by atoms with Gasteiger partial charge >= 0.3 is 23.9 Å². The van der Waals surface area contributed by atoms with E-state index in [1.165, 1.54) is 107 Å². The number of nitrogen functional groups attached to an aromatic ring is 1. The van der Waals surface area contributed by atoms with Crippen LogP contribution in [-0.2, 0) is 77.5 Å². The van der Waals surface area contributed by atoms with Crippen molar-refractivity contribution in [3.8, 4) is 0 Å². The fourth-order valence-corrected chi connectivity index (χ4v) is 8.67. The molecular weight excluding hydrogens is 1080 g/mol. The van der Waals surface area contributed by atoms with Crippen molar-refractivity contribution < 1.29 is 71.8 Å². The van der Waals surface area contributed by atoms with Crippen molar-refractivity contribution in [2.24, 2.45) is 0 Å². The van der Waals surface area contributed by atoms with Crippen LogP contribution in [0.15, 0.2) is 146 Å². The molecule has 2 fully saturated rings. The minimum absolute atomic E-state index is 0. The van der Waals surface area contributed by atoms with E-state index in [1.54, 1.807) is 42.6 Å². The van der Waals surface area contributed by atoms with Crippen LogP contribution in [0.25, 0.3) is 21.8 Å². The Hall–Kier alpha value is -7.19. The SMILES string of the molecule is C.C.CC1(C)OC(=O)C(=CNc2ccc(S(C)(=O)=O)cc2)C(=O)O1.CC1(C)OC(=O)CC(=O)O1.CS(=O)(=O)c1ccc(N)cc1.CS(=O)(=O)c1ccc2[nH]ccc(=O)c2c1.CS(=O)(=O)c1ccc2nccc(Cl)c2c1. The number of fused-ring (bicyclic) bond motifs is 2. The van der Waals surface area contributed by atoms with Gasteiger partial charge in [0.05, 0.1) is 30.1 Å². The highest BCUT2D eigenvalue weighted by Gasteiger charge is 2.39. The third kappa shape index (κ3) is 19.5. The molecule has 0 saturated carbocycles. The van der Waals surface area contributed by atoms with Crippen LogP contribution < -0.4 is 16.5 Å². The molecule has 0 atom stereocenters. The minimum atomic E-state index is -3.28. The summed E-state index contributed by atoms with van der Waals surface area (Å²) >= 11 is 5.94. The molecule has 0 unspecified atom stereocenters. The van der Waals surface area contributed by atoms with Gasteiger partial charge in [-0.15, -0.1) is 0 Å². The van der Waals surface area contributed by atoms with Gasteiger partial charge in [-0.3, -0.25) is 19.4 Å². The van der Waals surface area contributed by atoms with Crippen molar-refractivity contribution in [2.45, 2.75) is 80.1 Å². The van der Waals surface area contributed by atoms with Crippen LogP contribution in [-0.4, -0.2) is 104 Å². The second-order valence-corrected chi connectivity index (χ2v) is 25.1. The highest BCUT2D eigenvalue weighted by Crippen LogP contribution is 2.25. The molecule has 0 aliphatic carbocycles. The summed E-state index contributed by atoms with van der Waals surface area (Å²) in [6.07, 6.45) is 8.56. The van der Waals surface area contributed by atoms with Crippen LogP contribution in [0.5, 0.6) is 0 Å². The summed E-state index contributed by atoms with van der Waals surface area (Å²) in [6, 6.07) is 24.1. The van der Waals surface area contributed by atoms with Gasteiger partial charge in [-0.05, 0) is 91.0 Å². The van der Waals surface area contributed by atoms with Crippen LogP contribution in [0.2, 0.25) is 5.02 Å². The van der Waals surface area contributed by atoms with Gasteiger partial charge in [-0.25, -0.2) is 43.3 Å². The molecule has 4 aromatic carbocycles. The van der Waals surface area contributed by atoms with Gasteiger partial charge in [-0.2, -0.15) is 0 Å². The number of esters is 4. The lowest BCUT2D eigenvalue weighted by atomic mass is 10.2. The molecule has 2 saturated heterocycles. The number of sulfone groups is 4. The number of cyclic esters (lactones) is 4. The highest BCUT2D eigenvalue weighted by atomic mass is 35.5. The lowest BCUT2D eigenvalue weighted by Crippen LogP contribution is -2.42. The van der Waals surface area contributed by atoms with E-state index >= 15 is 0 Å². The predicted molar refractivity (Wildman–Crippen MR) is 283 cm³/mol. The summed E-state index contributed by atoms with van der Waals surface area (Å²) in [6.45, 7) is 5.94. The molecule has 4 N–H and O–H groups in total. The molecule has 75 heavy (non-hydrogen) atoms. The first-order chi connectivity index (χ1) is 33.5. The molecule has 2 aromatic heterocycles. The molecule has 0 bridgehead atoms. The minimum Gasteiger partial charge on any atom is -0.423 e. The first-order valence-electron chi connectivity index (χ1n) is 20.8. The third-order valence-electron chi connectivity index (χ3n) is 9.34. The van der Waals surface area contributed by atoms with Crippen LogP contribution >= 0.6 is 11.6 Å². The smallest absolute Gasteiger partial charge is 0.350 e. The number of nitrogens with one attached hydrogen (secondary N) is 2. The Labute approximate surface area is 440 Å². The monoisotopic (exact) mass is 1140 g/mol. The van der Waals surface area contributed by atoms with Gasteiger partial charge in [0.25, 0.3) is 11.6 Å². The number of hydrogen-bond acceptors (Lipinski definition) is 20. The number of benzene rings is 4. The lowest BCUT2D eigenvalue weighted by Gasteiger charge is -2.29. The molecule has 2 aliphatic rings. The Balaban J connectivity index is 0.000000328. The molecule has 0 amide bonds. The number of halogens is 1. The van der Waals surface area contributed by atoms with Crippen LogP contribution in [0.4, 0.5) is 11.4 Å². The zero-order valence-corrected chi connectivity index (χ0v) is 44.2. The molecule has 0 radical (unpaired) electrons. The average Bonchev–Trinajstić information content (AvgIpc) is 3.25. The van der Waals surface area contributed by atoms with Crippen LogP contribution in [0.3, 0.4) is 0 Å². The molecule has 406 valence electrons. The standard InChI is InChI=1S/C14H15NO6S.C10H8ClNO2S.C10H9NO3S.C7H9NO2S.C6H8O4.2CH4/c1-14(2)20-12(16)11(13(17)21-14)8-15-9-4-6-10(7-5-9)22(3,18)19;1-15(13,14)7-2-3-10-8(6-7)9(11)4-5-12-10;1-15(13,14)7-2-3-9-8(6-7)10(12)4-5-11-9;1-11(9,10)7-4-2-6(8)3-5-7;1-6(2)9-4(7)3-5(8)10-6;;/h4-8,15H,1-3H3;2-6H,1H3;2-6H,1H3,(H,11,12);2-5H,8H2,1H3;3H2,1-2H3;2*1H4. The number of rotatable bonds is 6. The number of ether oxygens (including phenoxy) is 4. The predicted octanol–water partition coefficient (Wildman–Crippen LogP) is 6.60. The quantitative estimate of drug-likeness (QED) is 0.0519. The number of anilines is 2. The van der Waals surface area contributed by atoms with E-state index in [0.29, 0.717) is 43.1 Å². The van der Waals surface area contributed by atoms with Crippen molar-refractivity contribution in [2.75, 3.05) is 36.1 Å². The summed E-state index contributed by atoms with van der Waals surface area (Å²) in [5, 5.41) is 4.27. The summed E-state index contributed by atoms with van der Waals surface area (Å²) in [5.74, 6) is -5.00. The molecule has 2 aliphatic heterocycles. The molecule has 0 spiro atoms. The number of hydrogen-bond donors (Lipinski definition) is 3. The second kappa shape index (κ2) is 25.4. The Kier molecular flexibility index (Phi) is 21.6. The highest BCUT2D eigenvalue weighted by molar-refractivity contribution is 7.91. The summed E-state index contributed by atoms with van der Waals surface area (Å²) in [4.78, 5) is 63.9. The largest absolute Gasteiger partial charge is 0.423 e. The Morgan fingerprint density at radius 1 is 0.587 bits per heavy atom. The maximum Gasteiger partial charge on any atom is 0.350 e. The molecule has 21 nitrogen and oxygen atoms in total. The molecule has 8 rings (SSSR count). The Bertz CT molecular complexity index is 3600. The van der Waals surface area contributed by atoms with E-state index in [0.717, 1.165) is 18.7 Å². The number of aromatic nitrogens is 2. The average molecular weight is 1140 g/mol. The van der Waals surface area contributed by atoms with Crippen LogP contribution in [0, 0.1) is 0 Å². The molecular formula is C49H57ClN4O17S4. The fourth-order valence-electron chi connectivity index (χ4n) is 5.91. The van der Waals surface area contributed by atoms with E-state index in [9.17, 15) is 57.6 Å². The van der Waals surface area contributed by atoms with Gasteiger partial charge in [0.1, 0.15) is 6.42 Å². The summed E-state index contributed by atoms with van der Waals surface area (Å²) in [5.41, 5.74) is 7.31. The van der Waals surface area contributed by atoms with E-state index < -0.39 is 74.8 Å². The Morgan fingerprint density at radius 3 is 1.48 bits per heavy atom. The van der Waals surface area contributed by atoms with Gasteiger partial charge < -0.3 is 35.0 Å². The number of nitrogens with two attached hydrogens (primary N) is 1. The van der Waals surface area contributed by atoms with Crippen molar-refractivity contribution in [1.29, 1.82) is 0 Å². The fraction of sp³-hybridized carbons (Fsp3) is 0.265. The van der Waals surface area contributed by atoms with E-state index in [-0.39, 0.29) is 47.0 Å². The lowest BCUT2D eigenvalue weighted by molar-refractivity contribution is -0.231. The molecule has 4 heterocycles. The number of carbonyl (C=O) groups is 4. The summed E-state index contributed by atoms with van der Waals surface area (Å²) in [7, 11) is -12.8. The van der Waals surface area contributed by atoms with Crippen LogP contribution in [0.1, 0.15) is 49.0 Å². The van der Waals surface area contributed by atoms with E-state index in [1.807, 2.05) is 0 Å². The second-order valence-electron chi connectivity index (χ2n) is 16.6. The third-order valence-corrected chi connectivity index (χ3v) is 14.2. The topological polar surface area (TPSA) is 326 Å². The molecule has 26 heteroatoms. The van der Waals surface area contributed by atoms with Crippen molar-refractivity contribution >= 4 is 108 Å². The zero-order chi connectivity index (χ0) is 54.9. The zero-order valence-electron chi connectivity index (χ0n) is 40.2. The molecule has 6 aromatic rings. The number of H-pyrrole nitrogens is 1. The maximum atomic E-state index is 11.7. The first-order valence-corrected chi connectivity index (χ1v) is 28.8. The Morgan fingerprint density at radius 2 is 1.01 bits per heavy atom. The number of aromatic amines is 1. The van der Waals surface area contributed by atoms with E-state index in [2.05, 4.69) is 24.8 Å². The number of nitrogens with zero attached hydrogens (tertiary/aromatic N) is 1. The van der Waals surface area contributed by atoms with Gasteiger partial charge in [0.15, 0.2) is 50.4 Å². The number of carbonyl (C=O) groups excluding carboxylic acids is 4. The van der Waals surface area contributed by atoms with Crippen molar-refractivity contribution in [3.63, 3.8) is 0 Å². The van der Waals surface area contributed by atoms with Crippen molar-refractivity contribution in [3.05, 3.63) is 136 Å². The van der Waals surface area contributed by atoms with Gasteiger partial charge in [-0.1, -0.05) is 26.5 Å². The van der Waals surface area contributed by atoms with Gasteiger partial charge in [0, 0.05) is 105 Å². The normalized spacial score (nSPS) is 14.7. The maximum absolute atomic E-state index is 11.7. The summed E-state index contributed by atoms with van der Waals surface area (Å²) < 4.78 is 109.